The van der Waals surface area contributed by atoms with Crippen molar-refractivity contribution in [3.8, 4) is 0 Å². The molecule has 84 valence electrons. The molecule has 2 unspecified atom stereocenters. The summed E-state index contributed by atoms with van der Waals surface area (Å²) in [6, 6.07) is 0. The van der Waals surface area contributed by atoms with Crippen LogP contribution in [0.5, 0.6) is 0 Å². The number of alkyl halides is 3. The molecule has 1 heterocycles. The zero-order valence-corrected chi connectivity index (χ0v) is 11.1. The van der Waals surface area contributed by atoms with Gasteiger partial charge in [0.1, 0.15) is 0 Å². The number of likely N-dealkylation sites (tertiary alicyclic amines) is 1. The van der Waals surface area contributed by atoms with E-state index in [1.807, 2.05) is 13.8 Å². The smallest absolute Gasteiger partial charge is 0.258 e. The molecule has 1 saturated carbocycles. The van der Waals surface area contributed by atoms with Crippen molar-refractivity contribution < 1.29 is 8.78 Å². The van der Waals surface area contributed by atoms with Crippen molar-refractivity contribution >= 4 is 22.6 Å². The Kier molecular flexibility index (Phi) is 3.78. The van der Waals surface area contributed by atoms with Crippen LogP contribution >= 0.6 is 22.6 Å². The fourth-order valence-electron chi connectivity index (χ4n) is 2.18. The zero-order valence-electron chi connectivity index (χ0n) is 8.99. The van der Waals surface area contributed by atoms with E-state index in [1.54, 1.807) is 6.92 Å². The summed E-state index contributed by atoms with van der Waals surface area (Å²) in [6.07, 6.45) is 0.660. The van der Waals surface area contributed by atoms with E-state index >= 15 is 0 Å². The van der Waals surface area contributed by atoms with Crippen molar-refractivity contribution in [2.45, 2.75) is 33.1 Å². The molecular weight excluding hydrogens is 299 g/mol. The van der Waals surface area contributed by atoms with Crippen molar-refractivity contribution in [2.75, 3.05) is 17.6 Å². The third kappa shape index (κ3) is 1.68. The first-order chi connectivity index (χ1) is 6.52. The van der Waals surface area contributed by atoms with Gasteiger partial charge in [-0.1, -0.05) is 43.4 Å². The van der Waals surface area contributed by atoms with E-state index in [-0.39, 0.29) is 5.92 Å². The maximum Gasteiger partial charge on any atom is 0.258 e. The van der Waals surface area contributed by atoms with Gasteiger partial charge in [-0.2, -0.15) is 0 Å². The molecule has 0 aromatic carbocycles. The minimum atomic E-state index is -2.38. The minimum absolute atomic E-state index is 0.367. The Labute approximate surface area is 98.4 Å². The van der Waals surface area contributed by atoms with Crippen molar-refractivity contribution in [1.82, 2.24) is 4.90 Å². The molecule has 2 atom stereocenters. The molecule has 0 radical (unpaired) electrons. The summed E-state index contributed by atoms with van der Waals surface area (Å²) >= 11 is 2.23. The number of halogens is 3. The van der Waals surface area contributed by atoms with Crippen LogP contribution in [0, 0.1) is 11.3 Å². The molecule has 2 rings (SSSR count). The van der Waals surface area contributed by atoms with Crippen molar-refractivity contribution in [2.24, 2.45) is 11.3 Å². The molecule has 1 aliphatic carbocycles. The van der Waals surface area contributed by atoms with E-state index in [1.165, 1.54) is 0 Å². The Bertz CT molecular complexity index is 210. The molecule has 2 aliphatic rings. The van der Waals surface area contributed by atoms with Crippen LogP contribution in [0.4, 0.5) is 8.78 Å². The molecule has 0 aromatic heterocycles. The highest BCUT2D eigenvalue weighted by molar-refractivity contribution is 14.1. The van der Waals surface area contributed by atoms with E-state index in [0.717, 1.165) is 11.1 Å². The average Bonchev–Trinajstić information content (AvgIpc) is 2.64. The van der Waals surface area contributed by atoms with Gasteiger partial charge in [-0.15, -0.1) is 0 Å². The topological polar surface area (TPSA) is 3.24 Å². The van der Waals surface area contributed by atoms with Crippen LogP contribution in [0.2, 0.25) is 0 Å². The SMILES string of the molecule is CC.CC12CCN(CI)CC1C2(F)F. The van der Waals surface area contributed by atoms with Crippen LogP contribution in [0.15, 0.2) is 0 Å². The van der Waals surface area contributed by atoms with E-state index in [0.29, 0.717) is 13.0 Å². The fraction of sp³-hybridized carbons (Fsp3) is 1.00. The summed E-state index contributed by atoms with van der Waals surface area (Å²) in [6.45, 7) is 7.15. The van der Waals surface area contributed by atoms with Crippen LogP contribution in [-0.4, -0.2) is 28.5 Å². The highest BCUT2D eigenvalue weighted by atomic mass is 127. The number of fused-ring (bicyclic) bond motifs is 1. The summed E-state index contributed by atoms with van der Waals surface area (Å²) in [7, 11) is 0. The van der Waals surface area contributed by atoms with E-state index < -0.39 is 11.3 Å². The summed E-state index contributed by atoms with van der Waals surface area (Å²) < 4.78 is 27.2. The second-order valence-electron chi connectivity index (χ2n) is 4.04. The molecule has 1 aliphatic heterocycles. The van der Waals surface area contributed by atoms with Crippen molar-refractivity contribution in [3.05, 3.63) is 0 Å². The molecule has 0 amide bonds. The molecule has 0 spiro atoms. The van der Waals surface area contributed by atoms with Crippen molar-refractivity contribution in [1.29, 1.82) is 0 Å². The second kappa shape index (κ2) is 4.20. The lowest BCUT2D eigenvalue weighted by Gasteiger charge is -2.25. The Balaban J connectivity index is 0.000000461. The molecule has 0 N–H and O–H groups in total. The first-order valence-corrected chi connectivity index (χ1v) is 6.71. The third-order valence-corrected chi connectivity index (χ3v) is 4.41. The highest BCUT2D eigenvalue weighted by Gasteiger charge is 2.78. The Morgan fingerprint density at radius 1 is 1.43 bits per heavy atom. The van der Waals surface area contributed by atoms with E-state index in [4.69, 9.17) is 0 Å². The van der Waals surface area contributed by atoms with Crippen LogP contribution < -0.4 is 0 Å². The third-order valence-electron chi connectivity index (χ3n) is 3.44. The minimum Gasteiger partial charge on any atom is -0.294 e. The van der Waals surface area contributed by atoms with Gasteiger partial charge in [-0.05, 0) is 13.0 Å². The van der Waals surface area contributed by atoms with Crippen LogP contribution in [0.25, 0.3) is 0 Å². The average molecular weight is 317 g/mol. The highest BCUT2D eigenvalue weighted by Crippen LogP contribution is 2.69. The Morgan fingerprint density at radius 2 is 2.00 bits per heavy atom. The van der Waals surface area contributed by atoms with Gasteiger partial charge in [0.25, 0.3) is 5.92 Å². The van der Waals surface area contributed by atoms with Crippen LogP contribution in [0.1, 0.15) is 27.2 Å². The largest absolute Gasteiger partial charge is 0.294 e. The van der Waals surface area contributed by atoms with Gasteiger partial charge in [-0.3, -0.25) is 4.90 Å². The maximum atomic E-state index is 13.2. The quantitative estimate of drug-likeness (QED) is 0.407. The first-order valence-electron chi connectivity index (χ1n) is 5.18. The monoisotopic (exact) mass is 317 g/mol. The lowest BCUT2D eigenvalue weighted by atomic mass is 9.98. The fourth-order valence-corrected chi connectivity index (χ4v) is 2.80. The van der Waals surface area contributed by atoms with Gasteiger partial charge < -0.3 is 0 Å². The standard InChI is InChI=1S/C8H12F2IN.C2H6/c1-7-2-3-12(5-11)4-6(7)8(7,9)10;1-2/h6H,2-5H2,1H3;1-2H3. The molecule has 1 saturated heterocycles. The normalized spacial score (nSPS) is 39.4. The van der Waals surface area contributed by atoms with Gasteiger partial charge in [0, 0.05) is 17.9 Å². The van der Waals surface area contributed by atoms with Crippen molar-refractivity contribution in [3.63, 3.8) is 0 Å². The summed E-state index contributed by atoms with van der Waals surface area (Å²) in [4.78, 5) is 2.11. The lowest BCUT2D eigenvalue weighted by Crippen LogP contribution is -2.32. The van der Waals surface area contributed by atoms with Gasteiger partial charge in [0.15, 0.2) is 0 Å². The van der Waals surface area contributed by atoms with Crippen LogP contribution in [0.3, 0.4) is 0 Å². The molecule has 4 heteroatoms. The number of hydrogen-bond acceptors (Lipinski definition) is 1. The molecule has 1 nitrogen and oxygen atoms in total. The van der Waals surface area contributed by atoms with Gasteiger partial charge in [0.05, 0.1) is 4.55 Å². The first kappa shape index (κ1) is 12.6. The van der Waals surface area contributed by atoms with E-state index in [9.17, 15) is 8.78 Å². The molecule has 0 aromatic rings. The number of piperidine rings is 1. The lowest BCUT2D eigenvalue weighted by molar-refractivity contribution is 0.0636. The molecular formula is C10H18F2IN. The number of nitrogens with zero attached hydrogens (tertiary/aromatic N) is 1. The maximum absolute atomic E-state index is 13.2. The van der Waals surface area contributed by atoms with Gasteiger partial charge in [-0.25, -0.2) is 8.78 Å². The zero-order chi connectivity index (χ0) is 11.0. The molecule has 2 fully saturated rings. The Hall–Kier alpha value is 0.550. The molecule has 14 heavy (non-hydrogen) atoms. The van der Waals surface area contributed by atoms with Gasteiger partial charge >= 0.3 is 0 Å². The summed E-state index contributed by atoms with van der Waals surface area (Å²) in [5, 5.41) is 0. The number of hydrogen-bond donors (Lipinski definition) is 0. The van der Waals surface area contributed by atoms with Crippen LogP contribution in [-0.2, 0) is 0 Å². The summed E-state index contributed by atoms with van der Waals surface area (Å²) in [5.41, 5.74) is -0.657. The summed E-state index contributed by atoms with van der Waals surface area (Å²) in [5.74, 6) is -2.75. The predicted octanol–water partition coefficient (Wildman–Crippen LogP) is 3.38. The Morgan fingerprint density at radius 3 is 2.43 bits per heavy atom. The predicted molar refractivity (Wildman–Crippen MR) is 63.0 cm³/mol. The molecule has 0 bridgehead atoms. The second-order valence-corrected chi connectivity index (χ2v) is 4.72. The number of rotatable bonds is 1. The van der Waals surface area contributed by atoms with E-state index in [2.05, 4.69) is 27.5 Å². The van der Waals surface area contributed by atoms with Gasteiger partial charge in [0.2, 0.25) is 0 Å².